The Kier molecular flexibility index (Phi) is 3.80. The fourth-order valence-corrected chi connectivity index (χ4v) is 2.62. The highest BCUT2D eigenvalue weighted by Crippen LogP contribution is 2.37. The summed E-state index contributed by atoms with van der Waals surface area (Å²) in [5.41, 5.74) is -0.109. The molecule has 1 saturated carbocycles. The van der Waals surface area contributed by atoms with Crippen LogP contribution in [-0.2, 0) is 14.1 Å². The number of carbonyl (C=O) groups is 1. The first-order valence-electron chi connectivity index (χ1n) is 8.05. The lowest BCUT2D eigenvalue weighted by Gasteiger charge is -2.32. The zero-order valence-corrected chi connectivity index (χ0v) is 14.4. The molecule has 1 saturated heterocycles. The SMILES string of the molecule is CN(C(=O)C1CC1)c1ccc(B2OC(C)(C)C(C)(C)O2)c(F)c1. The molecule has 0 radical (unpaired) electrons. The second-order valence-corrected chi connectivity index (χ2v) is 7.47. The van der Waals surface area contributed by atoms with Crippen LogP contribution in [0.15, 0.2) is 18.2 Å². The number of nitrogens with zero attached hydrogens (tertiary/aromatic N) is 1. The van der Waals surface area contributed by atoms with E-state index in [-0.39, 0.29) is 11.8 Å². The minimum Gasteiger partial charge on any atom is -0.399 e. The Labute approximate surface area is 137 Å². The topological polar surface area (TPSA) is 38.8 Å². The van der Waals surface area contributed by atoms with E-state index in [1.165, 1.54) is 11.0 Å². The lowest BCUT2D eigenvalue weighted by Crippen LogP contribution is -2.41. The van der Waals surface area contributed by atoms with Crippen LogP contribution in [0, 0.1) is 11.7 Å². The van der Waals surface area contributed by atoms with Crippen molar-refractivity contribution in [1.29, 1.82) is 0 Å². The number of halogens is 1. The summed E-state index contributed by atoms with van der Waals surface area (Å²) in [7, 11) is 0.947. The number of rotatable bonds is 3. The summed E-state index contributed by atoms with van der Waals surface area (Å²) in [6.45, 7) is 7.73. The average Bonchev–Trinajstić information content (AvgIpc) is 3.25. The molecule has 0 spiro atoms. The third kappa shape index (κ3) is 2.90. The first-order chi connectivity index (χ1) is 10.6. The Hall–Kier alpha value is -1.40. The Morgan fingerprint density at radius 2 is 1.78 bits per heavy atom. The molecule has 0 N–H and O–H groups in total. The molecule has 3 rings (SSSR count). The molecule has 4 nitrogen and oxygen atoms in total. The molecule has 2 fully saturated rings. The van der Waals surface area contributed by atoms with Crippen molar-refractivity contribution in [2.45, 2.75) is 51.7 Å². The van der Waals surface area contributed by atoms with Gasteiger partial charge in [-0.25, -0.2) is 4.39 Å². The standard InChI is InChI=1S/C17H23BFNO3/c1-16(2)17(3,4)23-18(22-16)13-9-8-12(10-14(13)19)20(5)15(21)11-6-7-11/h8-11H,6-7H2,1-5H3. The fraction of sp³-hybridized carbons (Fsp3) is 0.588. The molecular weight excluding hydrogens is 296 g/mol. The van der Waals surface area contributed by atoms with Crippen LogP contribution in [-0.4, -0.2) is 31.3 Å². The van der Waals surface area contributed by atoms with Crippen LogP contribution in [0.1, 0.15) is 40.5 Å². The molecule has 1 amide bonds. The molecule has 1 aromatic rings. The van der Waals surface area contributed by atoms with Gasteiger partial charge >= 0.3 is 7.12 Å². The minimum absolute atomic E-state index is 0.0489. The van der Waals surface area contributed by atoms with E-state index in [1.54, 1.807) is 19.2 Å². The third-order valence-electron chi connectivity index (χ3n) is 5.14. The summed E-state index contributed by atoms with van der Waals surface area (Å²) in [6, 6.07) is 4.76. The summed E-state index contributed by atoms with van der Waals surface area (Å²) in [6.07, 6.45) is 1.86. The highest BCUT2D eigenvalue weighted by molar-refractivity contribution is 6.62. The predicted octanol–water partition coefficient (Wildman–Crippen LogP) is 2.50. The molecule has 0 bridgehead atoms. The summed E-state index contributed by atoms with van der Waals surface area (Å²) < 4.78 is 26.3. The molecule has 23 heavy (non-hydrogen) atoms. The summed E-state index contributed by atoms with van der Waals surface area (Å²) in [5, 5.41) is 0. The number of hydrogen-bond donors (Lipinski definition) is 0. The first-order valence-corrected chi connectivity index (χ1v) is 8.05. The van der Waals surface area contributed by atoms with Crippen LogP contribution in [0.5, 0.6) is 0 Å². The quantitative estimate of drug-likeness (QED) is 0.804. The van der Waals surface area contributed by atoms with Crippen molar-refractivity contribution in [3.63, 3.8) is 0 Å². The van der Waals surface area contributed by atoms with E-state index in [0.717, 1.165) is 12.8 Å². The molecule has 0 aromatic heterocycles. The Bertz CT molecular complexity index is 627. The van der Waals surface area contributed by atoms with Gasteiger partial charge in [-0.3, -0.25) is 4.79 Å². The maximum atomic E-state index is 14.5. The first kappa shape index (κ1) is 16.5. The van der Waals surface area contributed by atoms with Gasteiger partial charge in [0.2, 0.25) is 5.91 Å². The van der Waals surface area contributed by atoms with Crippen molar-refractivity contribution < 1.29 is 18.5 Å². The Morgan fingerprint density at radius 1 is 1.22 bits per heavy atom. The van der Waals surface area contributed by atoms with E-state index in [4.69, 9.17) is 9.31 Å². The van der Waals surface area contributed by atoms with E-state index < -0.39 is 24.1 Å². The van der Waals surface area contributed by atoms with Gasteiger partial charge in [-0.05, 0) is 52.7 Å². The van der Waals surface area contributed by atoms with Gasteiger partial charge in [0.1, 0.15) is 5.82 Å². The smallest absolute Gasteiger partial charge is 0.399 e. The van der Waals surface area contributed by atoms with Crippen LogP contribution >= 0.6 is 0 Å². The van der Waals surface area contributed by atoms with Gasteiger partial charge in [0, 0.05) is 24.1 Å². The highest BCUT2D eigenvalue weighted by Gasteiger charge is 2.52. The van der Waals surface area contributed by atoms with Crippen LogP contribution in [0.25, 0.3) is 0 Å². The van der Waals surface area contributed by atoms with Crippen molar-refractivity contribution in [1.82, 2.24) is 0 Å². The second kappa shape index (κ2) is 5.31. The highest BCUT2D eigenvalue weighted by atomic mass is 19.1. The summed E-state index contributed by atoms with van der Waals surface area (Å²) in [4.78, 5) is 13.6. The van der Waals surface area contributed by atoms with Crippen LogP contribution in [0.4, 0.5) is 10.1 Å². The average molecular weight is 319 g/mol. The van der Waals surface area contributed by atoms with Crippen molar-refractivity contribution in [2.24, 2.45) is 5.92 Å². The van der Waals surface area contributed by atoms with Gasteiger partial charge in [-0.15, -0.1) is 0 Å². The molecule has 0 atom stereocenters. The van der Waals surface area contributed by atoms with Crippen molar-refractivity contribution in [3.05, 3.63) is 24.0 Å². The molecule has 1 aliphatic heterocycles. The van der Waals surface area contributed by atoms with Gasteiger partial charge in [0.15, 0.2) is 0 Å². The molecule has 2 aliphatic rings. The fourth-order valence-electron chi connectivity index (χ4n) is 2.62. The lowest BCUT2D eigenvalue weighted by molar-refractivity contribution is -0.119. The lowest BCUT2D eigenvalue weighted by atomic mass is 9.78. The molecular formula is C17H23BFNO3. The monoisotopic (exact) mass is 319 g/mol. The molecule has 0 unspecified atom stereocenters. The number of hydrogen-bond acceptors (Lipinski definition) is 3. The van der Waals surface area contributed by atoms with E-state index >= 15 is 0 Å². The van der Waals surface area contributed by atoms with E-state index in [1.807, 2.05) is 27.7 Å². The number of carbonyl (C=O) groups excluding carboxylic acids is 1. The molecule has 1 aromatic carbocycles. The van der Waals surface area contributed by atoms with Gasteiger partial charge in [0.05, 0.1) is 11.2 Å². The van der Waals surface area contributed by atoms with Crippen LogP contribution in [0.3, 0.4) is 0 Å². The number of amides is 1. The Morgan fingerprint density at radius 3 is 2.26 bits per heavy atom. The molecule has 1 heterocycles. The number of benzene rings is 1. The summed E-state index contributed by atoms with van der Waals surface area (Å²) in [5.74, 6) is -0.268. The molecule has 1 aliphatic carbocycles. The zero-order valence-electron chi connectivity index (χ0n) is 14.4. The van der Waals surface area contributed by atoms with Crippen LogP contribution < -0.4 is 10.4 Å². The maximum Gasteiger partial charge on any atom is 0.497 e. The normalized spacial score (nSPS) is 22.3. The van der Waals surface area contributed by atoms with Crippen molar-refractivity contribution in [3.8, 4) is 0 Å². The van der Waals surface area contributed by atoms with Crippen molar-refractivity contribution in [2.75, 3.05) is 11.9 Å². The second-order valence-electron chi connectivity index (χ2n) is 7.47. The van der Waals surface area contributed by atoms with Gasteiger partial charge in [-0.2, -0.15) is 0 Å². The maximum absolute atomic E-state index is 14.5. The zero-order chi connectivity index (χ0) is 17.0. The van der Waals surface area contributed by atoms with E-state index in [9.17, 15) is 9.18 Å². The van der Waals surface area contributed by atoms with Crippen LogP contribution in [0.2, 0.25) is 0 Å². The Balaban J connectivity index is 1.82. The summed E-state index contributed by atoms with van der Waals surface area (Å²) >= 11 is 0. The molecule has 124 valence electrons. The number of anilines is 1. The minimum atomic E-state index is -0.738. The largest absolute Gasteiger partial charge is 0.497 e. The molecule has 6 heteroatoms. The van der Waals surface area contributed by atoms with Gasteiger partial charge < -0.3 is 14.2 Å². The third-order valence-corrected chi connectivity index (χ3v) is 5.14. The van der Waals surface area contributed by atoms with Gasteiger partial charge in [0.25, 0.3) is 0 Å². The van der Waals surface area contributed by atoms with E-state index in [0.29, 0.717) is 11.2 Å². The predicted molar refractivity (Wildman–Crippen MR) is 88.3 cm³/mol. The van der Waals surface area contributed by atoms with Gasteiger partial charge in [-0.1, -0.05) is 6.07 Å². The van der Waals surface area contributed by atoms with Crippen molar-refractivity contribution >= 4 is 24.2 Å². The van der Waals surface area contributed by atoms with E-state index in [2.05, 4.69) is 0 Å².